The Kier molecular flexibility index (Phi) is 2.87. The highest BCUT2D eigenvalue weighted by atomic mass is 19.1. The fraction of sp³-hybridized carbons (Fsp3) is 0.538. The lowest BCUT2D eigenvalue weighted by Crippen LogP contribution is -2.34. The van der Waals surface area contributed by atoms with Crippen LogP contribution < -0.4 is 21.1 Å². The van der Waals surface area contributed by atoms with Crippen LogP contribution in [0.3, 0.4) is 0 Å². The summed E-state index contributed by atoms with van der Waals surface area (Å²) in [6.07, 6.45) is -0.115. The molecule has 1 fully saturated rings. The fourth-order valence-corrected chi connectivity index (χ4v) is 2.58. The Labute approximate surface area is 106 Å². The molecule has 3 atom stereocenters. The van der Waals surface area contributed by atoms with Crippen LogP contribution in [0.4, 0.5) is 10.1 Å². The van der Waals surface area contributed by atoms with Gasteiger partial charge in [0.05, 0.1) is 12.6 Å². The van der Waals surface area contributed by atoms with Crippen molar-refractivity contribution in [2.45, 2.75) is 24.7 Å². The van der Waals surface area contributed by atoms with Crippen LogP contribution in [0.1, 0.15) is 5.56 Å². The molecule has 0 spiro atoms. The highest BCUT2D eigenvalue weighted by molar-refractivity contribution is 5.55. The first-order chi connectivity index (χ1) is 8.63. The first-order valence-corrected chi connectivity index (χ1v) is 6.29. The molecule has 0 radical (unpaired) electrons. The van der Waals surface area contributed by atoms with E-state index in [9.17, 15) is 4.39 Å². The maximum absolute atomic E-state index is 13.4. The highest BCUT2D eigenvalue weighted by Gasteiger charge is 2.30. The third-order valence-corrected chi connectivity index (χ3v) is 3.64. The van der Waals surface area contributed by atoms with E-state index in [0.717, 1.165) is 23.4 Å². The largest absolute Gasteiger partial charge is 0.492 e. The van der Waals surface area contributed by atoms with Crippen LogP contribution in [0.2, 0.25) is 0 Å². The van der Waals surface area contributed by atoms with Crippen LogP contribution in [0.25, 0.3) is 0 Å². The predicted molar refractivity (Wildman–Crippen MR) is 68.7 cm³/mol. The Hall–Kier alpha value is -1.33. The molecule has 2 heterocycles. The summed E-state index contributed by atoms with van der Waals surface area (Å²) in [5, 5.41) is 0. The Bertz CT molecular complexity index is 444. The Morgan fingerprint density at radius 1 is 1.28 bits per heavy atom. The van der Waals surface area contributed by atoms with Gasteiger partial charge in [-0.25, -0.2) is 4.39 Å². The summed E-state index contributed by atoms with van der Waals surface area (Å²) in [6.45, 7) is 1.46. The van der Waals surface area contributed by atoms with Crippen molar-refractivity contribution in [1.82, 2.24) is 0 Å². The number of nitrogens with zero attached hydrogens (tertiary/aromatic N) is 1. The van der Waals surface area contributed by atoms with E-state index in [1.165, 1.54) is 0 Å². The van der Waals surface area contributed by atoms with Gasteiger partial charge in [0.2, 0.25) is 0 Å². The van der Waals surface area contributed by atoms with Gasteiger partial charge in [0.25, 0.3) is 0 Å². The molecule has 4 N–H and O–H groups in total. The standard InChI is InChI=1S/C13H18FN3O/c14-11-5-17(6-12(11)16)10-2-1-8-3-9(15)7-18-13(8)4-10/h1-2,4,9,11-12H,3,5-7,15-16H2/t9-,11+,12+/m1/s1. The Morgan fingerprint density at radius 2 is 2.11 bits per heavy atom. The summed E-state index contributed by atoms with van der Waals surface area (Å²) >= 11 is 0. The van der Waals surface area contributed by atoms with Gasteiger partial charge in [-0.05, 0) is 18.1 Å². The number of ether oxygens (including phenoxy) is 1. The fourth-order valence-electron chi connectivity index (χ4n) is 2.58. The van der Waals surface area contributed by atoms with E-state index in [2.05, 4.69) is 0 Å². The molecule has 0 aliphatic carbocycles. The van der Waals surface area contributed by atoms with Crippen molar-refractivity contribution in [3.8, 4) is 5.75 Å². The second-order valence-corrected chi connectivity index (χ2v) is 5.15. The first kappa shape index (κ1) is 11.7. The minimum atomic E-state index is -0.949. The maximum Gasteiger partial charge on any atom is 0.134 e. The average Bonchev–Trinajstić information content (AvgIpc) is 2.69. The van der Waals surface area contributed by atoms with Gasteiger partial charge in [-0.3, -0.25) is 0 Å². The third-order valence-electron chi connectivity index (χ3n) is 3.64. The molecule has 98 valence electrons. The number of nitrogens with two attached hydrogens (primary N) is 2. The van der Waals surface area contributed by atoms with Gasteiger partial charge in [0.15, 0.2) is 0 Å². The van der Waals surface area contributed by atoms with Crippen LogP contribution in [-0.4, -0.2) is 38.0 Å². The van der Waals surface area contributed by atoms with Gasteiger partial charge >= 0.3 is 0 Å². The molecule has 0 bridgehead atoms. The molecule has 0 amide bonds. The molecule has 0 saturated carbocycles. The van der Waals surface area contributed by atoms with E-state index < -0.39 is 12.2 Å². The van der Waals surface area contributed by atoms with Gasteiger partial charge in [0.1, 0.15) is 18.5 Å². The molecule has 0 unspecified atom stereocenters. The van der Waals surface area contributed by atoms with Crippen LogP contribution in [-0.2, 0) is 6.42 Å². The molecule has 5 heteroatoms. The molecule has 2 aliphatic rings. The van der Waals surface area contributed by atoms with E-state index in [-0.39, 0.29) is 6.04 Å². The number of rotatable bonds is 1. The molecule has 2 aliphatic heterocycles. The van der Waals surface area contributed by atoms with Gasteiger partial charge in [-0.2, -0.15) is 0 Å². The van der Waals surface area contributed by atoms with E-state index >= 15 is 0 Å². The molecular weight excluding hydrogens is 233 g/mol. The van der Waals surface area contributed by atoms with Crippen LogP contribution in [0.15, 0.2) is 18.2 Å². The number of halogens is 1. The first-order valence-electron chi connectivity index (χ1n) is 6.29. The minimum absolute atomic E-state index is 0.0683. The predicted octanol–water partition coefficient (Wildman–Crippen LogP) is 0.434. The lowest BCUT2D eigenvalue weighted by molar-refractivity contribution is 0.263. The van der Waals surface area contributed by atoms with Gasteiger partial charge in [-0.1, -0.05) is 6.07 Å². The number of fused-ring (bicyclic) bond motifs is 1. The summed E-state index contributed by atoms with van der Waals surface area (Å²) < 4.78 is 19.0. The molecule has 4 nitrogen and oxygen atoms in total. The molecule has 0 aromatic heterocycles. The number of alkyl halides is 1. The Balaban J connectivity index is 1.83. The van der Waals surface area contributed by atoms with Crippen molar-refractivity contribution < 1.29 is 9.13 Å². The monoisotopic (exact) mass is 251 g/mol. The summed E-state index contributed by atoms with van der Waals surface area (Å²) in [5.74, 6) is 0.866. The minimum Gasteiger partial charge on any atom is -0.492 e. The topological polar surface area (TPSA) is 64.5 Å². The van der Waals surface area contributed by atoms with Crippen LogP contribution >= 0.6 is 0 Å². The average molecular weight is 251 g/mol. The SMILES string of the molecule is N[C@H]1COc2cc(N3C[C@H](N)[C@@H](F)C3)ccc2C1. The van der Waals surface area contributed by atoms with Gasteiger partial charge < -0.3 is 21.1 Å². The highest BCUT2D eigenvalue weighted by Crippen LogP contribution is 2.31. The molecule has 18 heavy (non-hydrogen) atoms. The van der Waals surface area contributed by atoms with Crippen molar-refractivity contribution in [1.29, 1.82) is 0 Å². The zero-order valence-electron chi connectivity index (χ0n) is 10.2. The van der Waals surface area contributed by atoms with Crippen LogP contribution in [0, 0.1) is 0 Å². The molecular formula is C13H18FN3O. The van der Waals surface area contributed by atoms with Crippen molar-refractivity contribution in [3.05, 3.63) is 23.8 Å². The van der Waals surface area contributed by atoms with Crippen molar-refractivity contribution in [3.63, 3.8) is 0 Å². The zero-order chi connectivity index (χ0) is 12.7. The van der Waals surface area contributed by atoms with E-state index in [1.54, 1.807) is 0 Å². The lowest BCUT2D eigenvalue weighted by Gasteiger charge is -2.25. The van der Waals surface area contributed by atoms with Gasteiger partial charge in [0, 0.05) is 24.3 Å². The number of hydrogen-bond donors (Lipinski definition) is 2. The Morgan fingerprint density at radius 3 is 2.83 bits per heavy atom. The van der Waals surface area contributed by atoms with Crippen molar-refractivity contribution in [2.75, 3.05) is 24.6 Å². The molecule has 1 aromatic rings. The molecule has 1 saturated heterocycles. The number of benzene rings is 1. The maximum atomic E-state index is 13.4. The number of anilines is 1. The second-order valence-electron chi connectivity index (χ2n) is 5.15. The molecule has 3 rings (SSSR count). The zero-order valence-corrected chi connectivity index (χ0v) is 10.2. The van der Waals surface area contributed by atoms with E-state index in [0.29, 0.717) is 19.7 Å². The summed E-state index contributed by atoms with van der Waals surface area (Å²) in [5.41, 5.74) is 13.6. The summed E-state index contributed by atoms with van der Waals surface area (Å²) in [4.78, 5) is 1.97. The quantitative estimate of drug-likeness (QED) is 0.760. The number of hydrogen-bond acceptors (Lipinski definition) is 4. The second kappa shape index (κ2) is 4.40. The summed E-state index contributed by atoms with van der Waals surface area (Å²) in [7, 11) is 0. The third kappa shape index (κ3) is 2.04. The van der Waals surface area contributed by atoms with Crippen molar-refractivity contribution in [2.24, 2.45) is 11.5 Å². The van der Waals surface area contributed by atoms with E-state index in [4.69, 9.17) is 16.2 Å². The molecule has 1 aromatic carbocycles. The summed E-state index contributed by atoms with van der Waals surface area (Å²) in [6, 6.07) is 5.65. The smallest absolute Gasteiger partial charge is 0.134 e. The van der Waals surface area contributed by atoms with E-state index in [1.807, 2.05) is 23.1 Å². The van der Waals surface area contributed by atoms with Crippen molar-refractivity contribution >= 4 is 5.69 Å². The lowest BCUT2D eigenvalue weighted by atomic mass is 10.0. The van der Waals surface area contributed by atoms with Gasteiger partial charge in [-0.15, -0.1) is 0 Å². The van der Waals surface area contributed by atoms with Crippen LogP contribution in [0.5, 0.6) is 5.75 Å². The normalized spacial score (nSPS) is 31.1.